The molecule has 0 bridgehead atoms. The number of hydrogen-bond donors (Lipinski definition) is 0. The summed E-state index contributed by atoms with van der Waals surface area (Å²) in [6.07, 6.45) is 0. The molecule has 0 unspecified atom stereocenters. The van der Waals surface area contributed by atoms with Crippen LogP contribution in [-0.4, -0.2) is 9.97 Å². The lowest BCUT2D eigenvalue weighted by molar-refractivity contribution is 0.667. The quantitative estimate of drug-likeness (QED) is 0.184. The molecule has 2 heterocycles. The largest absolute Gasteiger partial charge is 0.452 e. The summed E-state index contributed by atoms with van der Waals surface area (Å²) in [5, 5.41) is 0.965. The summed E-state index contributed by atoms with van der Waals surface area (Å²) in [5.41, 5.74) is 13.9. The molecule has 0 amide bonds. The number of rotatable bonds is 6. The molecule has 3 heteroatoms. The standard InChI is InChI=1S/C46H30N2O/c1-5-15-31(16-6-1)35-25-36(32-17-7-2-8-18-32)28-39(27-35)43-45-44(41-23-13-14-24-42(41)49-45)48-46(47-43)40-29-37(33-19-9-3-10-20-33)26-38(30-40)34-21-11-4-12-22-34/h1-30H. The Morgan fingerprint density at radius 3 is 1.18 bits per heavy atom. The molecular weight excluding hydrogens is 597 g/mol. The zero-order valence-corrected chi connectivity index (χ0v) is 26.6. The van der Waals surface area contributed by atoms with Crippen LogP contribution in [0, 0.1) is 0 Å². The Kier molecular flexibility index (Phi) is 7.14. The van der Waals surface area contributed by atoms with Crippen LogP contribution in [0.1, 0.15) is 0 Å². The number of nitrogens with zero attached hydrogens (tertiary/aromatic N) is 2. The van der Waals surface area contributed by atoms with Crippen LogP contribution in [0.3, 0.4) is 0 Å². The maximum Gasteiger partial charge on any atom is 0.180 e. The fourth-order valence-electron chi connectivity index (χ4n) is 6.63. The Bertz CT molecular complexity index is 2460. The van der Waals surface area contributed by atoms with E-state index in [-0.39, 0.29) is 0 Å². The van der Waals surface area contributed by atoms with Gasteiger partial charge in [0.25, 0.3) is 0 Å². The molecule has 0 atom stereocenters. The first-order chi connectivity index (χ1) is 24.3. The van der Waals surface area contributed by atoms with Gasteiger partial charge in [0.15, 0.2) is 11.4 Å². The van der Waals surface area contributed by atoms with Crippen LogP contribution in [0.2, 0.25) is 0 Å². The van der Waals surface area contributed by atoms with Crippen molar-refractivity contribution in [2.75, 3.05) is 0 Å². The third-order valence-corrected chi connectivity index (χ3v) is 9.05. The van der Waals surface area contributed by atoms with Crippen molar-refractivity contribution in [1.29, 1.82) is 0 Å². The van der Waals surface area contributed by atoms with Crippen LogP contribution in [-0.2, 0) is 0 Å². The highest BCUT2D eigenvalue weighted by Crippen LogP contribution is 2.40. The molecule has 0 saturated carbocycles. The summed E-state index contributed by atoms with van der Waals surface area (Å²) in [7, 11) is 0. The van der Waals surface area contributed by atoms with Gasteiger partial charge in [-0.1, -0.05) is 133 Å². The lowest BCUT2D eigenvalue weighted by atomic mass is 9.94. The zero-order chi connectivity index (χ0) is 32.6. The molecule has 0 aliphatic carbocycles. The van der Waals surface area contributed by atoms with Gasteiger partial charge in [-0.25, -0.2) is 9.97 Å². The Morgan fingerprint density at radius 1 is 0.327 bits per heavy atom. The van der Waals surface area contributed by atoms with E-state index < -0.39 is 0 Å². The first-order valence-electron chi connectivity index (χ1n) is 16.5. The Hall–Kier alpha value is -6.58. The van der Waals surface area contributed by atoms with E-state index in [9.17, 15) is 0 Å². The van der Waals surface area contributed by atoms with E-state index in [2.05, 4.69) is 140 Å². The fourth-order valence-corrected chi connectivity index (χ4v) is 6.63. The van der Waals surface area contributed by atoms with Gasteiger partial charge in [-0.05, 0) is 93.0 Å². The van der Waals surface area contributed by atoms with Crippen molar-refractivity contribution in [2.24, 2.45) is 0 Å². The molecule has 7 aromatic carbocycles. The van der Waals surface area contributed by atoms with Gasteiger partial charge in [0.1, 0.15) is 16.8 Å². The molecule has 9 rings (SSSR count). The predicted octanol–water partition coefficient (Wildman–Crippen LogP) is 12.4. The molecule has 0 radical (unpaired) electrons. The number of fused-ring (bicyclic) bond motifs is 3. The Balaban J connectivity index is 1.33. The Labute approximate surface area is 284 Å². The molecule has 0 fully saturated rings. The molecule has 0 aliphatic rings. The van der Waals surface area contributed by atoms with Crippen molar-refractivity contribution < 1.29 is 4.42 Å². The maximum absolute atomic E-state index is 6.58. The fraction of sp³-hybridized carbons (Fsp3) is 0. The van der Waals surface area contributed by atoms with Gasteiger partial charge < -0.3 is 4.42 Å². The summed E-state index contributed by atoms with van der Waals surface area (Å²) < 4.78 is 6.58. The van der Waals surface area contributed by atoms with Crippen LogP contribution >= 0.6 is 0 Å². The second-order valence-electron chi connectivity index (χ2n) is 12.2. The van der Waals surface area contributed by atoms with Crippen molar-refractivity contribution in [3.63, 3.8) is 0 Å². The van der Waals surface area contributed by atoms with Gasteiger partial charge in [0.05, 0.1) is 0 Å². The monoisotopic (exact) mass is 626 g/mol. The first-order valence-corrected chi connectivity index (χ1v) is 16.5. The molecule has 9 aromatic rings. The van der Waals surface area contributed by atoms with Crippen molar-refractivity contribution in [3.05, 3.63) is 182 Å². The number of hydrogen-bond acceptors (Lipinski definition) is 3. The van der Waals surface area contributed by atoms with Gasteiger partial charge in [0.2, 0.25) is 0 Å². The number of furan rings is 1. The summed E-state index contributed by atoms with van der Waals surface area (Å²) in [6, 6.07) is 63.4. The molecular formula is C46H30N2O. The summed E-state index contributed by atoms with van der Waals surface area (Å²) in [6.45, 7) is 0. The third-order valence-electron chi connectivity index (χ3n) is 9.05. The van der Waals surface area contributed by atoms with Crippen molar-refractivity contribution in [3.8, 4) is 67.2 Å². The van der Waals surface area contributed by atoms with Crippen molar-refractivity contribution in [2.45, 2.75) is 0 Å². The third kappa shape index (κ3) is 5.48. The number of aromatic nitrogens is 2. The van der Waals surface area contributed by atoms with Crippen LogP contribution in [0.15, 0.2) is 186 Å². The van der Waals surface area contributed by atoms with Crippen LogP contribution < -0.4 is 0 Å². The molecule has 0 N–H and O–H groups in total. The van der Waals surface area contributed by atoms with Gasteiger partial charge in [0, 0.05) is 16.5 Å². The SMILES string of the molecule is c1ccc(-c2cc(-c3ccccc3)cc(-c3nc(-c4cc(-c5ccccc5)cc(-c5ccccc5)c4)c4oc5ccccc5c4n3)c2)cc1. The van der Waals surface area contributed by atoms with E-state index in [1.54, 1.807) is 0 Å². The molecule has 230 valence electrons. The van der Waals surface area contributed by atoms with E-state index >= 15 is 0 Å². The highest BCUT2D eigenvalue weighted by atomic mass is 16.3. The van der Waals surface area contributed by atoms with Crippen molar-refractivity contribution >= 4 is 22.1 Å². The molecule has 3 nitrogen and oxygen atoms in total. The minimum Gasteiger partial charge on any atom is -0.452 e. The van der Waals surface area contributed by atoms with Gasteiger partial charge in [-0.15, -0.1) is 0 Å². The summed E-state index contributed by atoms with van der Waals surface area (Å²) in [5.74, 6) is 0.649. The maximum atomic E-state index is 6.58. The van der Waals surface area contributed by atoms with E-state index in [1.165, 1.54) is 0 Å². The Morgan fingerprint density at radius 2 is 0.714 bits per heavy atom. The minimum atomic E-state index is 0.649. The van der Waals surface area contributed by atoms with E-state index in [0.29, 0.717) is 11.4 Å². The second-order valence-corrected chi connectivity index (χ2v) is 12.2. The van der Waals surface area contributed by atoms with Gasteiger partial charge in [-0.3, -0.25) is 0 Å². The zero-order valence-electron chi connectivity index (χ0n) is 26.6. The predicted molar refractivity (Wildman–Crippen MR) is 202 cm³/mol. The van der Waals surface area contributed by atoms with Crippen molar-refractivity contribution in [1.82, 2.24) is 9.97 Å². The number of para-hydroxylation sites is 1. The molecule has 49 heavy (non-hydrogen) atoms. The highest BCUT2D eigenvalue weighted by Gasteiger charge is 2.20. The van der Waals surface area contributed by atoms with E-state index in [1.807, 2.05) is 42.5 Å². The van der Waals surface area contributed by atoms with Gasteiger partial charge >= 0.3 is 0 Å². The summed E-state index contributed by atoms with van der Waals surface area (Å²) >= 11 is 0. The lowest BCUT2D eigenvalue weighted by Crippen LogP contribution is -1.96. The van der Waals surface area contributed by atoms with Crippen LogP contribution in [0.4, 0.5) is 0 Å². The molecule has 0 spiro atoms. The smallest absolute Gasteiger partial charge is 0.180 e. The molecule has 0 aliphatic heterocycles. The lowest BCUT2D eigenvalue weighted by Gasteiger charge is -2.13. The highest BCUT2D eigenvalue weighted by molar-refractivity contribution is 6.07. The van der Waals surface area contributed by atoms with E-state index in [0.717, 1.165) is 77.8 Å². The average Bonchev–Trinajstić information content (AvgIpc) is 3.57. The van der Waals surface area contributed by atoms with Crippen LogP contribution in [0.5, 0.6) is 0 Å². The second kappa shape index (κ2) is 12.2. The normalized spacial score (nSPS) is 11.3. The molecule has 2 aromatic heterocycles. The topological polar surface area (TPSA) is 38.9 Å². The number of benzene rings is 7. The van der Waals surface area contributed by atoms with E-state index in [4.69, 9.17) is 14.4 Å². The first kappa shape index (κ1) is 28.6. The summed E-state index contributed by atoms with van der Waals surface area (Å²) in [4.78, 5) is 10.6. The van der Waals surface area contributed by atoms with Crippen LogP contribution in [0.25, 0.3) is 89.2 Å². The van der Waals surface area contributed by atoms with Gasteiger partial charge in [-0.2, -0.15) is 0 Å². The average molecular weight is 627 g/mol. The minimum absolute atomic E-state index is 0.649. The molecule has 0 saturated heterocycles.